The van der Waals surface area contributed by atoms with Crippen LogP contribution in [0.2, 0.25) is 0 Å². The second-order valence-corrected chi connectivity index (χ2v) is 13.6. The number of anilines is 2. The fourth-order valence-electron chi connectivity index (χ4n) is 7.55. The Morgan fingerprint density at radius 3 is 1.32 bits per heavy atom. The summed E-state index contributed by atoms with van der Waals surface area (Å²) in [6, 6.07) is 35.9. The first kappa shape index (κ1) is 31.9. The molecule has 0 aliphatic heterocycles. The number of hydrogen-bond acceptors (Lipinski definition) is 2. The molecular formula is C42H54N2. The van der Waals surface area contributed by atoms with Crippen molar-refractivity contribution in [3.8, 4) is 0 Å². The molecule has 2 heteroatoms. The van der Waals surface area contributed by atoms with Crippen LogP contribution in [0.4, 0.5) is 11.4 Å². The third-order valence-electron chi connectivity index (χ3n) is 10.7. The highest BCUT2D eigenvalue weighted by molar-refractivity contribution is 5.47. The van der Waals surface area contributed by atoms with Gasteiger partial charge in [-0.1, -0.05) is 139 Å². The molecular weight excluding hydrogens is 532 g/mol. The first-order valence-corrected chi connectivity index (χ1v) is 17.3. The lowest BCUT2D eigenvalue weighted by molar-refractivity contribution is 0.250. The standard InChI is InChI=1S/C42H54N2/c1-4-5-6-7-8-9-10-33-27-29-42(30-28-33,38-19-11-34(12-20-38)31(2)36-15-23-40(43)24-16-36)39-21-13-35(14-22-39)32(3)37-17-25-41(44)26-18-37/h11-26,31-33H,4-10,27-30,43-44H2,1-3H3. The van der Waals surface area contributed by atoms with E-state index in [-0.39, 0.29) is 5.41 Å². The maximum absolute atomic E-state index is 5.96. The van der Waals surface area contributed by atoms with Crippen molar-refractivity contribution in [1.82, 2.24) is 0 Å². The third-order valence-corrected chi connectivity index (χ3v) is 10.7. The van der Waals surface area contributed by atoms with Crippen molar-refractivity contribution in [3.63, 3.8) is 0 Å². The molecule has 2 unspecified atom stereocenters. The summed E-state index contributed by atoms with van der Waals surface area (Å²) in [5.41, 5.74) is 21.9. The molecule has 0 amide bonds. The predicted molar refractivity (Wildman–Crippen MR) is 190 cm³/mol. The lowest BCUT2D eigenvalue weighted by atomic mass is 9.62. The van der Waals surface area contributed by atoms with Gasteiger partial charge in [-0.2, -0.15) is 0 Å². The Labute approximate surface area is 267 Å². The van der Waals surface area contributed by atoms with Crippen LogP contribution in [-0.2, 0) is 5.41 Å². The molecule has 0 saturated heterocycles. The van der Waals surface area contributed by atoms with E-state index >= 15 is 0 Å². The second kappa shape index (κ2) is 15.0. The summed E-state index contributed by atoms with van der Waals surface area (Å²) in [4.78, 5) is 0. The fraction of sp³-hybridized carbons (Fsp3) is 0.429. The van der Waals surface area contributed by atoms with Crippen molar-refractivity contribution in [2.24, 2.45) is 5.92 Å². The Morgan fingerprint density at radius 2 is 0.909 bits per heavy atom. The number of rotatable bonds is 13. The molecule has 0 bridgehead atoms. The first-order valence-electron chi connectivity index (χ1n) is 17.3. The topological polar surface area (TPSA) is 52.0 Å². The zero-order valence-electron chi connectivity index (χ0n) is 27.4. The van der Waals surface area contributed by atoms with E-state index in [9.17, 15) is 0 Å². The van der Waals surface area contributed by atoms with E-state index in [4.69, 9.17) is 11.5 Å². The molecule has 0 heterocycles. The van der Waals surface area contributed by atoms with Crippen LogP contribution in [0.3, 0.4) is 0 Å². The molecule has 44 heavy (non-hydrogen) atoms. The Hall–Kier alpha value is -3.52. The molecule has 4 N–H and O–H groups in total. The molecule has 2 atom stereocenters. The summed E-state index contributed by atoms with van der Waals surface area (Å²) in [7, 11) is 0. The van der Waals surface area contributed by atoms with E-state index in [0.717, 1.165) is 17.3 Å². The average molecular weight is 587 g/mol. The number of benzene rings is 4. The smallest absolute Gasteiger partial charge is 0.0314 e. The number of nitrogens with two attached hydrogens (primary N) is 2. The van der Waals surface area contributed by atoms with Gasteiger partial charge in [0.15, 0.2) is 0 Å². The molecule has 1 aliphatic carbocycles. The van der Waals surface area contributed by atoms with Gasteiger partial charge < -0.3 is 11.5 Å². The maximum atomic E-state index is 5.96. The first-order chi connectivity index (χ1) is 21.4. The maximum Gasteiger partial charge on any atom is 0.0314 e. The minimum Gasteiger partial charge on any atom is -0.399 e. The number of hydrogen-bond donors (Lipinski definition) is 2. The summed E-state index contributed by atoms with van der Waals surface area (Å²) < 4.78 is 0. The summed E-state index contributed by atoms with van der Waals surface area (Å²) in [6.45, 7) is 6.89. The molecule has 232 valence electrons. The zero-order chi connectivity index (χ0) is 30.9. The highest BCUT2D eigenvalue weighted by atomic mass is 14.5. The fourth-order valence-corrected chi connectivity index (χ4v) is 7.55. The SMILES string of the molecule is CCCCCCCCC1CCC(c2ccc(C(C)c3ccc(N)cc3)cc2)(c2ccc(C(C)c3ccc(N)cc3)cc2)CC1. The van der Waals surface area contributed by atoms with Gasteiger partial charge in [0, 0.05) is 28.6 Å². The summed E-state index contributed by atoms with van der Waals surface area (Å²) >= 11 is 0. The molecule has 0 radical (unpaired) electrons. The molecule has 5 rings (SSSR count). The van der Waals surface area contributed by atoms with Crippen molar-refractivity contribution in [2.45, 2.75) is 109 Å². The molecule has 1 fully saturated rings. The Morgan fingerprint density at radius 1 is 0.545 bits per heavy atom. The normalized spacial score (nSPS) is 19.8. The average Bonchev–Trinajstić information content (AvgIpc) is 3.07. The summed E-state index contributed by atoms with van der Waals surface area (Å²) in [5.74, 6) is 1.54. The Bertz CT molecular complexity index is 1310. The van der Waals surface area contributed by atoms with Crippen molar-refractivity contribution in [3.05, 3.63) is 130 Å². The molecule has 4 aromatic carbocycles. The van der Waals surface area contributed by atoms with Gasteiger partial charge in [0.1, 0.15) is 0 Å². The van der Waals surface area contributed by atoms with Crippen LogP contribution >= 0.6 is 0 Å². The van der Waals surface area contributed by atoms with E-state index in [1.165, 1.54) is 104 Å². The number of unbranched alkanes of at least 4 members (excludes halogenated alkanes) is 5. The Balaban J connectivity index is 1.36. The van der Waals surface area contributed by atoms with Gasteiger partial charge >= 0.3 is 0 Å². The van der Waals surface area contributed by atoms with Gasteiger partial charge in [0.25, 0.3) is 0 Å². The molecule has 0 spiro atoms. The predicted octanol–water partition coefficient (Wildman–Crippen LogP) is 11.4. The van der Waals surface area contributed by atoms with Crippen molar-refractivity contribution in [1.29, 1.82) is 0 Å². The largest absolute Gasteiger partial charge is 0.399 e. The molecule has 0 aromatic heterocycles. The van der Waals surface area contributed by atoms with Gasteiger partial charge in [0.2, 0.25) is 0 Å². The van der Waals surface area contributed by atoms with Crippen LogP contribution in [0.1, 0.15) is 137 Å². The molecule has 1 aliphatic rings. The number of nitrogen functional groups attached to an aromatic ring is 2. The van der Waals surface area contributed by atoms with E-state index in [1.54, 1.807) is 0 Å². The van der Waals surface area contributed by atoms with E-state index in [2.05, 4.69) is 93.6 Å². The van der Waals surface area contributed by atoms with Crippen LogP contribution in [0.15, 0.2) is 97.1 Å². The minimum atomic E-state index is 0.0730. The zero-order valence-corrected chi connectivity index (χ0v) is 27.4. The highest BCUT2D eigenvalue weighted by Gasteiger charge is 2.38. The lowest BCUT2D eigenvalue weighted by Gasteiger charge is -2.42. The van der Waals surface area contributed by atoms with E-state index in [0.29, 0.717) is 11.8 Å². The van der Waals surface area contributed by atoms with Crippen LogP contribution in [0.25, 0.3) is 0 Å². The van der Waals surface area contributed by atoms with Crippen LogP contribution in [0, 0.1) is 5.92 Å². The van der Waals surface area contributed by atoms with Crippen LogP contribution < -0.4 is 11.5 Å². The quantitative estimate of drug-likeness (QED) is 0.121. The Kier molecular flexibility index (Phi) is 10.9. The van der Waals surface area contributed by atoms with Gasteiger partial charge in [-0.3, -0.25) is 0 Å². The third kappa shape index (κ3) is 7.57. The highest BCUT2D eigenvalue weighted by Crippen LogP contribution is 2.48. The molecule has 1 saturated carbocycles. The van der Waals surface area contributed by atoms with Crippen molar-refractivity contribution >= 4 is 11.4 Å². The van der Waals surface area contributed by atoms with Gasteiger partial charge in [-0.05, 0) is 89.2 Å². The van der Waals surface area contributed by atoms with Gasteiger partial charge in [-0.25, -0.2) is 0 Å². The van der Waals surface area contributed by atoms with Crippen molar-refractivity contribution < 1.29 is 0 Å². The lowest BCUT2D eigenvalue weighted by Crippen LogP contribution is -2.33. The molecule has 2 nitrogen and oxygen atoms in total. The van der Waals surface area contributed by atoms with Crippen LogP contribution in [0.5, 0.6) is 0 Å². The van der Waals surface area contributed by atoms with Crippen LogP contribution in [-0.4, -0.2) is 0 Å². The van der Waals surface area contributed by atoms with E-state index < -0.39 is 0 Å². The van der Waals surface area contributed by atoms with Gasteiger partial charge in [-0.15, -0.1) is 0 Å². The summed E-state index contributed by atoms with van der Waals surface area (Å²) in [6.07, 6.45) is 14.8. The van der Waals surface area contributed by atoms with Gasteiger partial charge in [0.05, 0.1) is 0 Å². The monoisotopic (exact) mass is 586 g/mol. The van der Waals surface area contributed by atoms with Crippen molar-refractivity contribution in [2.75, 3.05) is 11.5 Å². The van der Waals surface area contributed by atoms with E-state index in [1.807, 2.05) is 24.3 Å². The minimum absolute atomic E-state index is 0.0730. The molecule has 4 aromatic rings. The summed E-state index contributed by atoms with van der Waals surface area (Å²) in [5, 5.41) is 0. The second-order valence-electron chi connectivity index (χ2n) is 13.6.